The fraction of sp³-hybridized carbons (Fsp3) is 0.640. The Morgan fingerprint density at radius 3 is 2.47 bits per heavy atom. The lowest BCUT2D eigenvalue weighted by Crippen LogP contribution is -2.57. The zero-order valence-electron chi connectivity index (χ0n) is 20.5. The van der Waals surface area contributed by atoms with Crippen molar-refractivity contribution < 1.29 is 24.2 Å². The number of nitrogens with zero attached hydrogens (tertiary/aromatic N) is 1. The molecule has 0 radical (unpaired) electrons. The van der Waals surface area contributed by atoms with Crippen LogP contribution in [0.2, 0.25) is 0 Å². The van der Waals surface area contributed by atoms with Gasteiger partial charge in [0, 0.05) is 22.5 Å². The smallest absolute Gasteiger partial charge is 0.244 e. The molecule has 3 aliphatic heterocycles. The maximum absolute atomic E-state index is 13.7. The first kappa shape index (κ1) is 24.9. The summed E-state index contributed by atoms with van der Waals surface area (Å²) in [7, 11) is 0. The van der Waals surface area contributed by atoms with Gasteiger partial charge in [0.1, 0.15) is 11.8 Å². The van der Waals surface area contributed by atoms with Gasteiger partial charge in [-0.1, -0.05) is 0 Å². The topological polar surface area (TPSA) is 108 Å². The summed E-state index contributed by atoms with van der Waals surface area (Å²) in [5, 5.41) is 15.7. The maximum atomic E-state index is 13.7. The third-order valence-electron chi connectivity index (χ3n) is 7.08. The van der Waals surface area contributed by atoms with Gasteiger partial charge in [-0.05, 0) is 71.7 Å². The number of β-amino-alcohol motifs (C(OH)–C–C–N with tert-alkyl or cyclic N) is 1. The van der Waals surface area contributed by atoms with Gasteiger partial charge in [0.25, 0.3) is 0 Å². The van der Waals surface area contributed by atoms with Crippen molar-refractivity contribution in [3.05, 3.63) is 24.3 Å². The van der Waals surface area contributed by atoms with Gasteiger partial charge >= 0.3 is 0 Å². The third-order valence-corrected chi connectivity index (χ3v) is 9.07. The number of hydrogen-bond donors (Lipinski definition) is 3. The van der Waals surface area contributed by atoms with Crippen LogP contribution in [0.4, 0.5) is 5.69 Å². The second-order valence-electron chi connectivity index (χ2n) is 10.7. The lowest BCUT2D eigenvalue weighted by Gasteiger charge is -2.36. The Balaban J connectivity index is 1.65. The Kier molecular flexibility index (Phi) is 6.40. The van der Waals surface area contributed by atoms with Crippen LogP contribution in [0, 0.1) is 11.8 Å². The number of aliphatic hydroxyl groups excluding tert-OH is 1. The predicted molar refractivity (Wildman–Crippen MR) is 132 cm³/mol. The van der Waals surface area contributed by atoms with Crippen LogP contribution < -0.4 is 15.4 Å². The molecule has 3 heterocycles. The summed E-state index contributed by atoms with van der Waals surface area (Å²) in [6, 6.07) is 6.46. The molecule has 1 aromatic rings. The Morgan fingerprint density at radius 2 is 1.88 bits per heavy atom. The van der Waals surface area contributed by atoms with E-state index in [0.717, 1.165) is 12.2 Å². The van der Waals surface area contributed by atoms with Gasteiger partial charge in [0.2, 0.25) is 17.7 Å². The molecule has 2 unspecified atom stereocenters. The number of nitrogens with one attached hydrogen (secondary N) is 2. The van der Waals surface area contributed by atoms with E-state index in [1.165, 1.54) is 4.90 Å². The third kappa shape index (κ3) is 4.06. The minimum atomic E-state index is -0.716. The monoisotopic (exact) mass is 489 g/mol. The highest BCUT2D eigenvalue weighted by molar-refractivity contribution is 8.02. The zero-order valence-corrected chi connectivity index (χ0v) is 21.3. The number of anilines is 1. The Hall–Kier alpha value is -2.26. The number of likely N-dealkylation sites (tertiary alicyclic amines) is 1. The summed E-state index contributed by atoms with van der Waals surface area (Å²) in [5.41, 5.74) is 0.175. The molecule has 3 saturated heterocycles. The van der Waals surface area contributed by atoms with E-state index in [1.54, 1.807) is 36.0 Å². The van der Waals surface area contributed by atoms with Gasteiger partial charge in [-0.15, -0.1) is 11.8 Å². The first-order chi connectivity index (χ1) is 16.0. The normalized spacial score (nSPS) is 32.0. The molecule has 0 aliphatic carbocycles. The van der Waals surface area contributed by atoms with E-state index in [-0.39, 0.29) is 30.9 Å². The fourth-order valence-corrected chi connectivity index (χ4v) is 8.29. The second-order valence-corrected chi connectivity index (χ2v) is 12.6. The number of carbonyl (C=O) groups is 3. The van der Waals surface area contributed by atoms with Crippen LogP contribution in [0.15, 0.2) is 24.3 Å². The van der Waals surface area contributed by atoms with E-state index >= 15 is 0 Å². The average molecular weight is 490 g/mol. The summed E-state index contributed by atoms with van der Waals surface area (Å²) in [5.74, 6) is -1.10. The molecule has 3 fully saturated rings. The number of thioether (sulfide) groups is 1. The van der Waals surface area contributed by atoms with Crippen LogP contribution in [0.3, 0.4) is 0 Å². The lowest BCUT2D eigenvalue weighted by molar-refractivity contribution is -0.140. The van der Waals surface area contributed by atoms with Gasteiger partial charge in [-0.2, -0.15) is 0 Å². The van der Waals surface area contributed by atoms with Crippen LogP contribution in [0.1, 0.15) is 47.5 Å². The number of aliphatic hydroxyl groups is 1. The number of amides is 3. The number of fused-ring (bicyclic) bond motifs is 1. The van der Waals surface area contributed by atoms with Gasteiger partial charge < -0.3 is 25.4 Å². The van der Waals surface area contributed by atoms with Crippen LogP contribution in [-0.4, -0.2) is 68.6 Å². The van der Waals surface area contributed by atoms with Crippen LogP contribution in [0.25, 0.3) is 0 Å². The van der Waals surface area contributed by atoms with Crippen molar-refractivity contribution in [2.75, 3.05) is 25.1 Å². The molecule has 3 amide bonds. The molecule has 34 heavy (non-hydrogen) atoms. The van der Waals surface area contributed by atoms with E-state index in [4.69, 9.17) is 4.74 Å². The highest BCUT2D eigenvalue weighted by Gasteiger charge is 2.77. The molecule has 3 N–H and O–H groups in total. The Labute approximate surface area is 205 Å². The summed E-state index contributed by atoms with van der Waals surface area (Å²) >= 11 is 1.62. The molecule has 1 aromatic carbocycles. The molecule has 186 valence electrons. The van der Waals surface area contributed by atoms with Crippen molar-refractivity contribution >= 4 is 35.2 Å². The van der Waals surface area contributed by atoms with Gasteiger partial charge in [0.15, 0.2) is 0 Å². The van der Waals surface area contributed by atoms with Crippen molar-refractivity contribution in [3.63, 3.8) is 0 Å². The van der Waals surface area contributed by atoms with Crippen molar-refractivity contribution in [3.8, 4) is 5.75 Å². The van der Waals surface area contributed by atoms with E-state index < -0.39 is 32.9 Å². The molecular weight excluding hydrogens is 454 g/mol. The summed E-state index contributed by atoms with van der Waals surface area (Å²) < 4.78 is 4.34. The zero-order chi connectivity index (χ0) is 24.9. The molecule has 8 nitrogen and oxygen atoms in total. The summed E-state index contributed by atoms with van der Waals surface area (Å²) in [6.45, 7) is 10.1. The highest BCUT2D eigenvalue weighted by Crippen LogP contribution is 2.71. The number of rotatable bonds is 7. The van der Waals surface area contributed by atoms with E-state index in [1.807, 2.05) is 34.6 Å². The first-order valence-corrected chi connectivity index (χ1v) is 12.7. The van der Waals surface area contributed by atoms with Gasteiger partial charge in [-0.3, -0.25) is 14.4 Å². The average Bonchev–Trinajstić information content (AvgIpc) is 3.30. The number of ether oxygens (including phenoxy) is 1. The van der Waals surface area contributed by atoms with Crippen LogP contribution >= 0.6 is 11.8 Å². The standard InChI is InChI=1S/C25H35N3O5S/c1-6-33-16-9-7-15(8-10-16)26-20(30)17-18-22(32)28(13-14-29)19(21(31)27-23(2,3)4)25(18)12-11-24(17,5)34-25/h7-10,17-19,29H,6,11-14H2,1-5H3,(H,26,30)(H,27,31)/t17-,18-,19?,24+,25?/m0/s1. The molecule has 2 bridgehead atoms. The first-order valence-electron chi connectivity index (χ1n) is 11.9. The van der Waals surface area contributed by atoms with Crippen molar-refractivity contribution in [1.82, 2.24) is 10.2 Å². The molecule has 9 heteroatoms. The van der Waals surface area contributed by atoms with Gasteiger partial charge in [-0.25, -0.2) is 0 Å². The molecule has 0 aromatic heterocycles. The minimum absolute atomic E-state index is 0.0732. The largest absolute Gasteiger partial charge is 0.494 e. The van der Waals surface area contributed by atoms with Crippen molar-refractivity contribution in [2.45, 2.75) is 68.5 Å². The van der Waals surface area contributed by atoms with Crippen molar-refractivity contribution in [1.29, 1.82) is 0 Å². The predicted octanol–water partition coefficient (Wildman–Crippen LogP) is 2.41. The SMILES string of the molecule is CCOc1ccc(NC(=O)[C@@H]2[C@H]3C(=O)N(CCO)C(C(=O)NC(C)(C)C)C34CC[C@@]2(C)S4)cc1. The lowest BCUT2D eigenvalue weighted by atomic mass is 9.66. The van der Waals surface area contributed by atoms with Crippen molar-refractivity contribution in [2.24, 2.45) is 11.8 Å². The van der Waals surface area contributed by atoms with Crippen LogP contribution in [0.5, 0.6) is 5.75 Å². The number of hydrogen-bond acceptors (Lipinski definition) is 6. The Morgan fingerprint density at radius 1 is 1.21 bits per heavy atom. The summed E-state index contributed by atoms with van der Waals surface area (Å²) in [6.07, 6.45) is 1.43. The Bertz CT molecular complexity index is 978. The fourth-order valence-electron chi connectivity index (χ4n) is 5.93. The molecule has 3 aliphatic rings. The van der Waals surface area contributed by atoms with E-state index in [9.17, 15) is 19.5 Å². The number of carbonyl (C=O) groups excluding carboxylic acids is 3. The van der Waals surface area contributed by atoms with E-state index in [2.05, 4.69) is 10.6 Å². The second kappa shape index (κ2) is 8.75. The minimum Gasteiger partial charge on any atom is -0.494 e. The quantitative estimate of drug-likeness (QED) is 0.543. The molecular formula is C25H35N3O5S. The van der Waals surface area contributed by atoms with Gasteiger partial charge in [0.05, 0.1) is 29.8 Å². The number of benzene rings is 1. The molecule has 5 atom stereocenters. The molecule has 4 rings (SSSR count). The molecule has 0 saturated carbocycles. The maximum Gasteiger partial charge on any atom is 0.244 e. The van der Waals surface area contributed by atoms with Crippen LogP contribution in [-0.2, 0) is 14.4 Å². The summed E-state index contributed by atoms with van der Waals surface area (Å²) in [4.78, 5) is 42.3. The highest BCUT2D eigenvalue weighted by atomic mass is 32.2. The van der Waals surface area contributed by atoms with E-state index in [0.29, 0.717) is 18.7 Å². The molecule has 1 spiro atoms.